The Morgan fingerprint density at radius 3 is 0.807 bits per heavy atom. The average Bonchev–Trinajstić information content (AvgIpc) is 0.793. The minimum atomic E-state index is -1.61. The molecule has 48 heteroatoms. The first-order chi connectivity index (χ1) is 64.2. The van der Waals surface area contributed by atoms with Gasteiger partial charge in [0.1, 0.15) is 68.4 Å². The van der Waals surface area contributed by atoms with Crippen LogP contribution >= 0.6 is 0 Å². The Kier molecular flexibility index (Phi) is 55.4. The third kappa shape index (κ3) is 49.6. The van der Waals surface area contributed by atoms with Crippen LogP contribution in [0.25, 0.3) is 0 Å². The molecule has 135 heavy (non-hydrogen) atoms. The Bertz CT molecular complexity index is 3630. The van der Waals surface area contributed by atoms with Gasteiger partial charge in [-0.2, -0.15) is 0 Å². The lowest BCUT2D eigenvalue weighted by molar-refractivity contribution is -0.277. The number of carbonyl (C=O) groups is 19. The molecule has 760 valence electrons. The third-order valence-corrected chi connectivity index (χ3v) is 19.6. The normalized spacial score (nSPS) is 21.5. The van der Waals surface area contributed by atoms with Crippen molar-refractivity contribution in [1.29, 1.82) is 0 Å². The summed E-state index contributed by atoms with van der Waals surface area (Å²) < 4.78 is 108. The molecular weight excluding hydrogens is 1790 g/mol. The van der Waals surface area contributed by atoms with Crippen molar-refractivity contribution < 1.29 is 181 Å². The van der Waals surface area contributed by atoms with Gasteiger partial charge in [0.2, 0.25) is 53.2 Å². The predicted molar refractivity (Wildman–Crippen MR) is 462 cm³/mol. The van der Waals surface area contributed by atoms with Crippen LogP contribution in [0.15, 0.2) is 30.3 Å². The molecule has 3 heterocycles. The van der Waals surface area contributed by atoms with E-state index in [-0.39, 0.29) is 162 Å². The Morgan fingerprint density at radius 2 is 0.556 bits per heavy atom. The molecule has 0 saturated carbocycles. The molecule has 1 aromatic carbocycles. The highest BCUT2D eigenvalue weighted by Gasteiger charge is 2.55. The molecule has 3 aliphatic rings. The summed E-state index contributed by atoms with van der Waals surface area (Å²) in [7, 11) is 0. The minimum Gasteiger partial charge on any atom is -0.463 e. The molecule has 0 radical (unpaired) electrons. The Morgan fingerprint density at radius 1 is 0.296 bits per heavy atom. The lowest BCUT2D eigenvalue weighted by atomic mass is 9.96. The Hall–Kier alpha value is -11.4. The summed E-state index contributed by atoms with van der Waals surface area (Å²) in [5, 5.41) is 27.3. The molecule has 4 rings (SSSR count). The van der Waals surface area contributed by atoms with Crippen LogP contribution in [-0.4, -0.2) is 329 Å². The molecule has 3 fully saturated rings. The third-order valence-electron chi connectivity index (χ3n) is 19.6. The molecule has 0 bridgehead atoms. The van der Waals surface area contributed by atoms with E-state index < -0.39 is 213 Å². The molecule has 0 spiro atoms. The van der Waals surface area contributed by atoms with Gasteiger partial charge < -0.3 is 143 Å². The molecular formula is C87H134N10O38. The van der Waals surface area contributed by atoms with Crippen molar-refractivity contribution in [3.05, 3.63) is 35.9 Å². The van der Waals surface area contributed by atoms with Crippen LogP contribution < -0.4 is 53.2 Å². The van der Waals surface area contributed by atoms with E-state index in [4.69, 9.17) is 90.0 Å². The molecule has 6 unspecified atom stereocenters. The van der Waals surface area contributed by atoms with Crippen LogP contribution in [0.4, 0.5) is 4.79 Å². The van der Waals surface area contributed by atoms with Crippen molar-refractivity contribution in [1.82, 2.24) is 53.2 Å². The number of esters is 9. The first kappa shape index (κ1) is 116. The fourth-order valence-electron chi connectivity index (χ4n) is 13.7. The summed E-state index contributed by atoms with van der Waals surface area (Å²) >= 11 is 0. The van der Waals surface area contributed by atoms with Crippen molar-refractivity contribution in [2.45, 2.75) is 283 Å². The van der Waals surface area contributed by atoms with Gasteiger partial charge in [0, 0.05) is 181 Å². The van der Waals surface area contributed by atoms with E-state index in [9.17, 15) is 91.1 Å². The molecule has 15 atom stereocenters. The predicted octanol–water partition coefficient (Wildman–Crippen LogP) is -0.732. The second-order valence-electron chi connectivity index (χ2n) is 31.7. The van der Waals surface area contributed by atoms with E-state index in [0.717, 1.165) is 62.3 Å². The van der Waals surface area contributed by atoms with Gasteiger partial charge >= 0.3 is 59.8 Å². The molecule has 1 aromatic rings. The first-order valence-electron chi connectivity index (χ1n) is 44.6. The number of unbranched alkanes of at least 4 members (excludes halogenated alkanes) is 3. The number of alkyl carbamates (subject to hydrolysis) is 1. The number of rotatable bonds is 63. The van der Waals surface area contributed by atoms with Gasteiger partial charge in [-0.3, -0.25) is 86.3 Å². The maximum atomic E-state index is 13.8. The fourth-order valence-corrected chi connectivity index (χ4v) is 13.7. The second-order valence-corrected chi connectivity index (χ2v) is 31.7. The van der Waals surface area contributed by atoms with E-state index in [1.807, 2.05) is 0 Å². The Labute approximate surface area is 782 Å². The quantitative estimate of drug-likeness (QED) is 0.0218. The maximum absolute atomic E-state index is 13.8. The van der Waals surface area contributed by atoms with Gasteiger partial charge in [0.25, 0.3) is 0 Å². The van der Waals surface area contributed by atoms with Crippen LogP contribution in [0.3, 0.4) is 0 Å². The SMILES string of the molecule is CC(=O)N[C@H]1C(OC(C)=O)[C@@H](OC(C)=O)C(COC(C)=O)O[C@H]1OCCCCC(=O)NCCCNC(=O)CCOCC(COCCC(=O)NCCCNC(=O)CCCCO[C@@H]1OC(COC(C)=O)[C@H](OC(C)=O)C(OC(C)=O)[C@@H]1NC(C)=O)(COCCC(=O)NCCCNC(=O)CCCCO[C@@H]1OC(COC(C)=O)[C@H](OC(C)=O)C(OC(C)=O)[C@@H]1NC(C)=O)NC(=O)OCc1ccccc1. The van der Waals surface area contributed by atoms with Gasteiger partial charge in [0.05, 0.1) is 39.6 Å². The van der Waals surface area contributed by atoms with Gasteiger partial charge in [-0.25, -0.2) is 4.79 Å². The summed E-state index contributed by atoms with van der Waals surface area (Å²) in [4.78, 5) is 237. The monoisotopic (exact) mass is 1930 g/mol. The molecule has 0 aromatic heterocycles. The number of amides is 10. The van der Waals surface area contributed by atoms with E-state index >= 15 is 0 Å². The zero-order valence-corrected chi connectivity index (χ0v) is 78.6. The average molecular weight is 1930 g/mol. The van der Waals surface area contributed by atoms with Gasteiger partial charge in [-0.05, 0) is 63.4 Å². The van der Waals surface area contributed by atoms with E-state index in [1.165, 1.54) is 20.8 Å². The van der Waals surface area contributed by atoms with Crippen molar-refractivity contribution in [2.75, 3.05) is 119 Å². The standard InChI is InChI=1S/C87H134N10O38/c1-52(98)94-74-80(130-61(10)107)77(127-58(7)104)65(46-123-55(4)101)133-83(74)120-39-19-16-27-68(110)88-33-22-36-91-71(113)30-42-117-49-87(97-86(116)126-45-64-25-14-13-15-26-64,50-118-43-31-72(114)92-37-23-34-89-69(111)28-17-20-40-121-84-75(95-53(2)99)81(131-62(11)108)78(128-59(8)105)66(134-84)47-124-56(5)102)51-119-44-32-73(115)93-38-24-35-90-70(112)29-18-21-41-122-85-76(96-54(3)100)82(132-63(12)109)79(129-60(9)106)67(135-85)48-125-57(6)103/h13-15,25-26,65-67,74-85H,16-24,27-51H2,1-12H3,(H,88,110)(H,89,111)(H,90,112)(H,91,113)(H,92,114)(H,93,115)(H,94,98)(H,95,99)(H,96,100)(H,97,116)/t65?,66?,67?,74-,75-,76-,77-,78-,79-,80?,81?,82?,83+,84+,85+,87?/m0/s1. The maximum Gasteiger partial charge on any atom is 0.408 e. The lowest BCUT2D eigenvalue weighted by Gasteiger charge is -2.44. The number of ether oxygens (including phenoxy) is 19. The molecule has 3 aliphatic heterocycles. The molecule has 10 N–H and O–H groups in total. The number of hydrogen-bond donors (Lipinski definition) is 10. The molecule has 48 nitrogen and oxygen atoms in total. The first-order valence-corrected chi connectivity index (χ1v) is 44.6. The van der Waals surface area contributed by atoms with E-state index in [0.29, 0.717) is 63.4 Å². The number of hydrogen-bond acceptors (Lipinski definition) is 38. The van der Waals surface area contributed by atoms with Crippen LogP contribution in [-0.2, 0) is 183 Å². The molecule has 0 aliphatic carbocycles. The minimum absolute atomic E-state index is 0.0166. The number of nitrogens with one attached hydrogen (secondary N) is 10. The highest BCUT2D eigenvalue weighted by Crippen LogP contribution is 2.32. The van der Waals surface area contributed by atoms with Crippen LogP contribution in [0.5, 0.6) is 0 Å². The summed E-state index contributed by atoms with van der Waals surface area (Å²) in [6.45, 7) is 11.5. The highest BCUT2D eigenvalue weighted by molar-refractivity contribution is 5.80. The Balaban J connectivity index is 1.33. The summed E-state index contributed by atoms with van der Waals surface area (Å²) in [5.74, 6) is -10.6. The topological polar surface area (TPSA) is 620 Å². The van der Waals surface area contributed by atoms with Crippen LogP contribution in [0, 0.1) is 0 Å². The number of carbonyl (C=O) groups excluding carboxylic acids is 19. The van der Waals surface area contributed by atoms with Gasteiger partial charge in [-0.1, -0.05) is 30.3 Å². The molecule has 10 amide bonds. The summed E-state index contributed by atoms with van der Waals surface area (Å²) in [5.41, 5.74) is -0.966. The highest BCUT2D eigenvalue weighted by atomic mass is 16.7. The fraction of sp³-hybridized carbons (Fsp3) is 0.713. The molecule has 3 saturated heterocycles. The van der Waals surface area contributed by atoms with E-state index in [1.54, 1.807) is 30.3 Å². The zero-order chi connectivity index (χ0) is 99.8. The summed E-state index contributed by atoms with van der Waals surface area (Å²) in [6.07, 6.45) is -13.7. The largest absolute Gasteiger partial charge is 0.463 e. The van der Waals surface area contributed by atoms with Crippen molar-refractivity contribution in [2.24, 2.45) is 0 Å². The second kappa shape index (κ2) is 64.5. The van der Waals surface area contributed by atoms with E-state index in [2.05, 4.69) is 53.2 Å². The number of benzene rings is 1. The lowest BCUT2D eigenvalue weighted by Crippen LogP contribution is -2.66. The smallest absolute Gasteiger partial charge is 0.408 e. The van der Waals surface area contributed by atoms with Crippen LogP contribution in [0.1, 0.15) is 185 Å². The summed E-state index contributed by atoms with van der Waals surface area (Å²) in [6, 6.07) is 5.22. The zero-order valence-electron chi connectivity index (χ0n) is 78.6. The van der Waals surface area contributed by atoms with Crippen molar-refractivity contribution in [3.8, 4) is 0 Å². The van der Waals surface area contributed by atoms with Crippen LogP contribution in [0.2, 0.25) is 0 Å². The van der Waals surface area contributed by atoms with Gasteiger partial charge in [0.15, 0.2) is 55.5 Å². The van der Waals surface area contributed by atoms with Crippen molar-refractivity contribution >= 4 is 113 Å². The van der Waals surface area contributed by atoms with Crippen molar-refractivity contribution in [3.63, 3.8) is 0 Å². The van der Waals surface area contributed by atoms with Gasteiger partial charge in [-0.15, -0.1) is 0 Å².